The van der Waals surface area contributed by atoms with E-state index in [1.165, 1.54) is 6.20 Å². The third kappa shape index (κ3) is 4.70. The van der Waals surface area contributed by atoms with Crippen molar-refractivity contribution in [2.45, 2.75) is 6.42 Å². The van der Waals surface area contributed by atoms with Gasteiger partial charge in [0.05, 0.1) is 12.4 Å². The van der Waals surface area contributed by atoms with Gasteiger partial charge in [-0.25, -0.2) is 9.97 Å². The highest BCUT2D eigenvalue weighted by molar-refractivity contribution is 6.30. The van der Waals surface area contributed by atoms with Crippen LogP contribution in [0.5, 0.6) is 0 Å². The summed E-state index contributed by atoms with van der Waals surface area (Å²) in [5.74, 6) is 0.461. The predicted octanol–water partition coefficient (Wildman–Crippen LogP) is 1.38. The highest BCUT2D eigenvalue weighted by Gasteiger charge is 2.17. The topological polar surface area (TPSA) is 78.4 Å². The van der Waals surface area contributed by atoms with Crippen molar-refractivity contribution in [2.75, 3.05) is 37.6 Å². The molecule has 0 spiro atoms. The quantitative estimate of drug-likeness (QED) is 0.774. The molecule has 1 fully saturated rings. The van der Waals surface area contributed by atoms with Gasteiger partial charge in [0.25, 0.3) is 5.91 Å². The molecule has 1 N–H and O–H groups in total. The van der Waals surface area contributed by atoms with Crippen molar-refractivity contribution in [2.24, 2.45) is 0 Å². The summed E-state index contributed by atoms with van der Waals surface area (Å²) in [5, 5.41) is 3.52. The van der Waals surface area contributed by atoms with Gasteiger partial charge in [-0.3, -0.25) is 9.59 Å². The molecule has 0 bridgehead atoms. The number of rotatable bonds is 6. The lowest BCUT2D eigenvalue weighted by Gasteiger charge is -2.33. The van der Waals surface area contributed by atoms with Crippen LogP contribution < -0.4 is 10.2 Å². The average molecular weight is 374 g/mol. The molecular formula is C18H20ClN5O2. The molecule has 1 aliphatic heterocycles. The standard InChI is InChI=1S/C18H20ClN5O2/c19-15-3-1-2-14(10-15)4-5-20-18(26)16-11-22-17(12-21-16)24-8-6-23(13-25)7-9-24/h1-3,10-13H,4-9H2,(H,20,26). The molecule has 8 heteroatoms. The molecule has 7 nitrogen and oxygen atoms in total. The van der Waals surface area contributed by atoms with Crippen molar-refractivity contribution in [3.05, 3.63) is 52.9 Å². The summed E-state index contributed by atoms with van der Waals surface area (Å²) < 4.78 is 0. The monoisotopic (exact) mass is 373 g/mol. The van der Waals surface area contributed by atoms with Gasteiger partial charge in [-0.05, 0) is 24.1 Å². The van der Waals surface area contributed by atoms with Gasteiger partial charge in [0, 0.05) is 37.7 Å². The largest absolute Gasteiger partial charge is 0.352 e. The fraction of sp³-hybridized carbons (Fsp3) is 0.333. The molecule has 0 radical (unpaired) electrons. The van der Waals surface area contributed by atoms with E-state index >= 15 is 0 Å². The normalized spacial score (nSPS) is 14.2. The average Bonchev–Trinajstić information content (AvgIpc) is 2.68. The van der Waals surface area contributed by atoms with E-state index in [9.17, 15) is 9.59 Å². The van der Waals surface area contributed by atoms with Gasteiger partial charge < -0.3 is 15.1 Å². The van der Waals surface area contributed by atoms with Crippen molar-refractivity contribution >= 4 is 29.7 Å². The van der Waals surface area contributed by atoms with Crippen LogP contribution in [0.25, 0.3) is 0 Å². The maximum absolute atomic E-state index is 12.2. The Hall–Kier alpha value is -2.67. The fourth-order valence-corrected chi connectivity index (χ4v) is 2.97. The minimum Gasteiger partial charge on any atom is -0.352 e. The zero-order valence-corrected chi connectivity index (χ0v) is 15.0. The van der Waals surface area contributed by atoms with Gasteiger partial charge >= 0.3 is 0 Å². The Morgan fingerprint density at radius 1 is 1.19 bits per heavy atom. The third-order valence-corrected chi connectivity index (χ3v) is 4.48. The molecule has 26 heavy (non-hydrogen) atoms. The highest BCUT2D eigenvalue weighted by atomic mass is 35.5. The molecule has 2 heterocycles. The molecule has 0 atom stereocenters. The number of nitrogens with one attached hydrogen (secondary N) is 1. The number of carbonyl (C=O) groups excluding carboxylic acids is 2. The summed E-state index contributed by atoms with van der Waals surface area (Å²) in [6.45, 7) is 3.24. The Balaban J connectivity index is 1.50. The van der Waals surface area contributed by atoms with Gasteiger partial charge in [-0.1, -0.05) is 23.7 Å². The van der Waals surface area contributed by atoms with Crippen LogP contribution in [0, 0.1) is 0 Å². The lowest BCUT2D eigenvalue weighted by Crippen LogP contribution is -2.46. The Morgan fingerprint density at radius 3 is 2.65 bits per heavy atom. The molecule has 1 aliphatic rings. The van der Waals surface area contributed by atoms with Crippen molar-refractivity contribution in [1.82, 2.24) is 20.2 Å². The number of aromatic nitrogens is 2. The molecule has 1 aromatic heterocycles. The molecule has 1 saturated heterocycles. The number of hydrogen-bond donors (Lipinski definition) is 1. The number of hydrogen-bond acceptors (Lipinski definition) is 5. The van der Waals surface area contributed by atoms with Crippen molar-refractivity contribution in [3.63, 3.8) is 0 Å². The van der Waals surface area contributed by atoms with Crippen LogP contribution in [0.3, 0.4) is 0 Å². The van der Waals surface area contributed by atoms with Gasteiger partial charge in [-0.15, -0.1) is 0 Å². The lowest BCUT2D eigenvalue weighted by molar-refractivity contribution is -0.118. The summed E-state index contributed by atoms with van der Waals surface area (Å²) >= 11 is 5.95. The van der Waals surface area contributed by atoms with E-state index in [-0.39, 0.29) is 11.6 Å². The summed E-state index contributed by atoms with van der Waals surface area (Å²) in [6.07, 6.45) is 4.64. The van der Waals surface area contributed by atoms with E-state index in [1.807, 2.05) is 29.2 Å². The van der Waals surface area contributed by atoms with E-state index in [4.69, 9.17) is 11.6 Å². The number of piperazine rings is 1. The van der Waals surface area contributed by atoms with E-state index in [1.54, 1.807) is 11.1 Å². The number of carbonyl (C=O) groups is 2. The Labute approximate surface area is 157 Å². The zero-order chi connectivity index (χ0) is 18.4. The molecule has 2 aromatic rings. The minimum absolute atomic E-state index is 0.253. The molecular weight excluding hydrogens is 354 g/mol. The maximum atomic E-state index is 12.2. The van der Waals surface area contributed by atoms with E-state index in [2.05, 4.69) is 15.3 Å². The first-order chi connectivity index (χ1) is 12.7. The van der Waals surface area contributed by atoms with Crippen LogP contribution in [-0.4, -0.2) is 59.9 Å². The molecule has 2 amide bonds. The van der Waals surface area contributed by atoms with Crippen LogP contribution in [-0.2, 0) is 11.2 Å². The first-order valence-corrected chi connectivity index (χ1v) is 8.82. The summed E-state index contributed by atoms with van der Waals surface area (Å²) in [5.41, 5.74) is 1.35. The second-order valence-corrected chi connectivity index (χ2v) is 6.46. The fourth-order valence-electron chi connectivity index (χ4n) is 2.76. The smallest absolute Gasteiger partial charge is 0.271 e. The molecule has 0 saturated carbocycles. The number of benzene rings is 1. The predicted molar refractivity (Wildman–Crippen MR) is 99.4 cm³/mol. The first kappa shape index (κ1) is 18.1. The van der Waals surface area contributed by atoms with Gasteiger partial charge in [0.1, 0.15) is 11.5 Å². The van der Waals surface area contributed by atoms with Gasteiger partial charge in [0.15, 0.2) is 0 Å². The zero-order valence-electron chi connectivity index (χ0n) is 14.3. The Morgan fingerprint density at radius 2 is 2.00 bits per heavy atom. The second-order valence-electron chi connectivity index (χ2n) is 6.02. The van der Waals surface area contributed by atoms with Crippen molar-refractivity contribution < 1.29 is 9.59 Å². The van der Waals surface area contributed by atoms with Gasteiger partial charge in [0.2, 0.25) is 6.41 Å². The lowest BCUT2D eigenvalue weighted by atomic mass is 10.1. The SMILES string of the molecule is O=CN1CCN(c2cnc(C(=O)NCCc3cccc(Cl)c3)cn2)CC1. The Kier molecular flexibility index (Phi) is 6.01. The minimum atomic E-state index is -0.253. The van der Waals surface area contributed by atoms with Crippen molar-refractivity contribution in [3.8, 4) is 0 Å². The molecule has 136 valence electrons. The molecule has 0 unspecified atom stereocenters. The molecule has 0 aliphatic carbocycles. The van der Waals surface area contributed by atoms with Crippen LogP contribution in [0.4, 0.5) is 5.82 Å². The van der Waals surface area contributed by atoms with Crippen LogP contribution in [0.15, 0.2) is 36.7 Å². The van der Waals surface area contributed by atoms with Crippen molar-refractivity contribution in [1.29, 1.82) is 0 Å². The summed E-state index contributed by atoms with van der Waals surface area (Å²) in [4.78, 5) is 35.2. The van der Waals surface area contributed by atoms with E-state index in [0.29, 0.717) is 50.0 Å². The number of halogens is 1. The van der Waals surface area contributed by atoms with Crippen LogP contribution in [0.2, 0.25) is 5.02 Å². The molecule has 1 aromatic carbocycles. The van der Waals surface area contributed by atoms with E-state index in [0.717, 1.165) is 12.0 Å². The number of amides is 2. The van der Waals surface area contributed by atoms with Gasteiger partial charge in [-0.2, -0.15) is 0 Å². The Bertz CT molecular complexity index is 760. The highest BCUT2D eigenvalue weighted by Crippen LogP contribution is 2.12. The number of nitrogens with zero attached hydrogens (tertiary/aromatic N) is 4. The third-order valence-electron chi connectivity index (χ3n) is 4.25. The summed E-state index contributed by atoms with van der Waals surface area (Å²) in [7, 11) is 0. The first-order valence-electron chi connectivity index (χ1n) is 8.44. The van der Waals surface area contributed by atoms with Crippen LogP contribution in [0.1, 0.15) is 16.1 Å². The van der Waals surface area contributed by atoms with Crippen LogP contribution >= 0.6 is 11.6 Å². The second kappa shape index (κ2) is 8.62. The summed E-state index contributed by atoms with van der Waals surface area (Å²) in [6, 6.07) is 7.56. The number of anilines is 1. The maximum Gasteiger partial charge on any atom is 0.271 e. The van der Waals surface area contributed by atoms with E-state index < -0.39 is 0 Å². The molecule has 3 rings (SSSR count).